The average molecular weight is 231 g/mol. The summed E-state index contributed by atoms with van der Waals surface area (Å²) in [7, 11) is 1.56. The molecule has 0 unspecified atom stereocenters. The Hall–Kier alpha value is -1.30. The van der Waals surface area contributed by atoms with Gasteiger partial charge in [-0.05, 0) is 27.7 Å². The standard InChI is InChI=1S/C10H21N3O3/c1-9(2,6-16-5)12-8(14)10(3,4)7(11)13-15/h15H,6H2,1-5H3,(H2,11,13)(H,12,14). The van der Waals surface area contributed by atoms with E-state index in [0.717, 1.165) is 0 Å². The average Bonchev–Trinajstić information content (AvgIpc) is 2.15. The van der Waals surface area contributed by atoms with Crippen molar-refractivity contribution >= 4 is 11.7 Å². The molecule has 0 radical (unpaired) electrons. The number of amidine groups is 1. The van der Waals surface area contributed by atoms with Crippen LogP contribution in [0, 0.1) is 5.41 Å². The van der Waals surface area contributed by atoms with Gasteiger partial charge in [0.2, 0.25) is 5.91 Å². The van der Waals surface area contributed by atoms with E-state index >= 15 is 0 Å². The zero-order valence-electron chi connectivity index (χ0n) is 10.5. The quantitative estimate of drug-likeness (QED) is 0.274. The molecule has 0 aliphatic heterocycles. The maximum atomic E-state index is 11.9. The number of rotatable bonds is 5. The zero-order chi connectivity index (χ0) is 13.0. The van der Waals surface area contributed by atoms with E-state index in [1.165, 1.54) is 0 Å². The molecule has 6 nitrogen and oxygen atoms in total. The number of oxime groups is 1. The Morgan fingerprint density at radius 2 is 1.94 bits per heavy atom. The Morgan fingerprint density at radius 1 is 1.44 bits per heavy atom. The van der Waals surface area contributed by atoms with Gasteiger partial charge in [-0.25, -0.2) is 0 Å². The lowest BCUT2D eigenvalue weighted by Gasteiger charge is -2.30. The molecule has 0 aliphatic rings. The van der Waals surface area contributed by atoms with E-state index in [9.17, 15) is 4.79 Å². The van der Waals surface area contributed by atoms with Gasteiger partial charge in [-0.1, -0.05) is 5.16 Å². The molecule has 0 aromatic rings. The van der Waals surface area contributed by atoms with Gasteiger partial charge in [0.15, 0.2) is 5.84 Å². The number of amides is 1. The molecule has 0 aromatic heterocycles. The van der Waals surface area contributed by atoms with Gasteiger partial charge < -0.3 is 21.0 Å². The number of carbonyl (C=O) groups excluding carboxylic acids is 1. The Bertz CT molecular complexity index is 285. The molecule has 94 valence electrons. The van der Waals surface area contributed by atoms with Gasteiger partial charge in [0.25, 0.3) is 0 Å². The molecule has 0 spiro atoms. The second-order valence-electron chi connectivity index (χ2n) is 4.88. The first-order chi connectivity index (χ1) is 7.17. The van der Waals surface area contributed by atoms with E-state index in [1.54, 1.807) is 21.0 Å². The predicted molar refractivity (Wildman–Crippen MR) is 61.3 cm³/mol. The molecule has 0 heterocycles. The van der Waals surface area contributed by atoms with Crippen molar-refractivity contribution in [3.63, 3.8) is 0 Å². The molecule has 0 bridgehead atoms. The number of hydrogen-bond acceptors (Lipinski definition) is 4. The summed E-state index contributed by atoms with van der Waals surface area (Å²) in [5, 5.41) is 14.2. The summed E-state index contributed by atoms with van der Waals surface area (Å²) in [5.41, 5.74) is 3.90. The van der Waals surface area contributed by atoms with Crippen LogP contribution in [0.3, 0.4) is 0 Å². The molecule has 0 saturated heterocycles. The normalized spacial score (nSPS) is 13.7. The summed E-state index contributed by atoms with van der Waals surface area (Å²) < 4.78 is 4.98. The smallest absolute Gasteiger partial charge is 0.233 e. The number of nitrogens with one attached hydrogen (secondary N) is 1. The van der Waals surface area contributed by atoms with E-state index in [1.807, 2.05) is 13.8 Å². The number of nitrogens with zero attached hydrogens (tertiary/aromatic N) is 1. The second kappa shape index (κ2) is 5.16. The van der Waals surface area contributed by atoms with Crippen molar-refractivity contribution in [3.8, 4) is 0 Å². The predicted octanol–water partition coefficient (Wildman–Crippen LogP) is 0.300. The molecule has 0 aromatic carbocycles. The summed E-state index contributed by atoms with van der Waals surface area (Å²) >= 11 is 0. The highest BCUT2D eigenvalue weighted by Crippen LogP contribution is 2.17. The van der Waals surface area contributed by atoms with E-state index in [4.69, 9.17) is 15.7 Å². The van der Waals surface area contributed by atoms with Gasteiger partial charge >= 0.3 is 0 Å². The molecule has 0 aliphatic carbocycles. The third-order valence-corrected chi connectivity index (χ3v) is 2.27. The molecule has 0 fully saturated rings. The number of nitrogens with two attached hydrogens (primary N) is 1. The van der Waals surface area contributed by atoms with Crippen molar-refractivity contribution in [1.29, 1.82) is 0 Å². The fraction of sp³-hybridized carbons (Fsp3) is 0.800. The Balaban J connectivity index is 4.70. The fourth-order valence-corrected chi connectivity index (χ4v) is 1.10. The topological polar surface area (TPSA) is 96.9 Å². The summed E-state index contributed by atoms with van der Waals surface area (Å²) in [6.07, 6.45) is 0. The van der Waals surface area contributed by atoms with Gasteiger partial charge in [-0.3, -0.25) is 4.79 Å². The molecule has 0 atom stereocenters. The van der Waals surface area contributed by atoms with Crippen molar-refractivity contribution in [2.24, 2.45) is 16.3 Å². The van der Waals surface area contributed by atoms with Gasteiger partial charge in [0.05, 0.1) is 12.1 Å². The summed E-state index contributed by atoms with van der Waals surface area (Å²) in [6, 6.07) is 0. The number of hydrogen-bond donors (Lipinski definition) is 3. The van der Waals surface area contributed by atoms with Gasteiger partial charge in [-0.15, -0.1) is 0 Å². The minimum atomic E-state index is -1.06. The van der Waals surface area contributed by atoms with Crippen LogP contribution in [0.5, 0.6) is 0 Å². The van der Waals surface area contributed by atoms with Crippen LogP contribution >= 0.6 is 0 Å². The first kappa shape index (κ1) is 14.7. The molecular formula is C10H21N3O3. The van der Waals surface area contributed by atoms with Crippen LogP contribution in [-0.4, -0.2) is 36.2 Å². The molecule has 0 saturated carbocycles. The highest BCUT2D eigenvalue weighted by atomic mass is 16.5. The van der Waals surface area contributed by atoms with E-state index in [2.05, 4.69) is 10.5 Å². The maximum Gasteiger partial charge on any atom is 0.233 e. The fourth-order valence-electron chi connectivity index (χ4n) is 1.10. The molecular weight excluding hydrogens is 210 g/mol. The lowest BCUT2D eigenvalue weighted by Crippen LogP contribution is -2.54. The van der Waals surface area contributed by atoms with Gasteiger partial charge in [-0.2, -0.15) is 0 Å². The minimum Gasteiger partial charge on any atom is -0.409 e. The van der Waals surface area contributed by atoms with Crippen LogP contribution in [0.25, 0.3) is 0 Å². The number of methoxy groups -OCH3 is 1. The zero-order valence-corrected chi connectivity index (χ0v) is 10.5. The number of carbonyl (C=O) groups is 1. The highest BCUT2D eigenvalue weighted by molar-refractivity contribution is 6.06. The summed E-state index contributed by atoms with van der Waals surface area (Å²) in [4.78, 5) is 11.9. The van der Waals surface area contributed by atoms with Crippen molar-refractivity contribution in [1.82, 2.24) is 5.32 Å². The first-order valence-electron chi connectivity index (χ1n) is 4.97. The summed E-state index contributed by atoms with van der Waals surface area (Å²) in [5.74, 6) is -0.442. The van der Waals surface area contributed by atoms with Crippen LogP contribution in [0.15, 0.2) is 5.16 Å². The molecule has 1 amide bonds. The van der Waals surface area contributed by atoms with E-state index in [0.29, 0.717) is 6.61 Å². The number of ether oxygens (including phenoxy) is 1. The Kier molecular flexibility index (Phi) is 4.74. The van der Waals surface area contributed by atoms with Crippen LogP contribution in [-0.2, 0) is 9.53 Å². The van der Waals surface area contributed by atoms with Crippen LogP contribution in [0.2, 0.25) is 0 Å². The van der Waals surface area contributed by atoms with Crippen molar-refractivity contribution in [2.75, 3.05) is 13.7 Å². The monoisotopic (exact) mass is 231 g/mol. The molecule has 6 heteroatoms. The van der Waals surface area contributed by atoms with Gasteiger partial charge in [0, 0.05) is 7.11 Å². The lowest BCUT2D eigenvalue weighted by molar-refractivity contribution is -0.128. The molecule has 0 rings (SSSR count). The summed E-state index contributed by atoms with van der Waals surface area (Å²) in [6.45, 7) is 7.21. The SMILES string of the molecule is COCC(C)(C)NC(=O)C(C)(C)C(N)=NO. The van der Waals surface area contributed by atoms with Gasteiger partial charge in [0.1, 0.15) is 5.41 Å². The van der Waals surface area contributed by atoms with Crippen molar-refractivity contribution < 1.29 is 14.7 Å². The Labute approximate surface area is 95.8 Å². The largest absolute Gasteiger partial charge is 0.409 e. The van der Waals surface area contributed by atoms with Crippen LogP contribution in [0.1, 0.15) is 27.7 Å². The first-order valence-corrected chi connectivity index (χ1v) is 4.97. The lowest BCUT2D eigenvalue weighted by atomic mass is 9.89. The van der Waals surface area contributed by atoms with Crippen LogP contribution < -0.4 is 11.1 Å². The van der Waals surface area contributed by atoms with E-state index < -0.39 is 11.0 Å². The molecule has 4 N–H and O–H groups in total. The minimum absolute atomic E-state index is 0.127. The third kappa shape index (κ3) is 3.69. The maximum absolute atomic E-state index is 11.9. The van der Waals surface area contributed by atoms with Crippen molar-refractivity contribution in [2.45, 2.75) is 33.2 Å². The van der Waals surface area contributed by atoms with E-state index in [-0.39, 0.29) is 11.7 Å². The van der Waals surface area contributed by atoms with Crippen molar-refractivity contribution in [3.05, 3.63) is 0 Å². The highest BCUT2D eigenvalue weighted by Gasteiger charge is 2.35. The third-order valence-electron chi connectivity index (χ3n) is 2.27. The Morgan fingerprint density at radius 3 is 2.31 bits per heavy atom. The van der Waals surface area contributed by atoms with Crippen LogP contribution in [0.4, 0.5) is 0 Å². The second-order valence-corrected chi connectivity index (χ2v) is 4.88. The molecule has 16 heavy (non-hydrogen) atoms.